The molecule has 0 atom stereocenters. The molecule has 0 aliphatic heterocycles. The Kier molecular flexibility index (Phi) is 4.32. The summed E-state index contributed by atoms with van der Waals surface area (Å²) in [5, 5.41) is 5.49. The van der Waals surface area contributed by atoms with E-state index < -0.39 is 0 Å². The molecule has 4 rings (SSSR count). The molecule has 132 valence electrons. The van der Waals surface area contributed by atoms with E-state index in [9.17, 15) is 9.59 Å². The minimum Gasteiger partial charge on any atom is -0.324 e. The minimum absolute atomic E-state index is 0.294. The van der Waals surface area contributed by atoms with Crippen molar-refractivity contribution in [3.63, 3.8) is 0 Å². The van der Waals surface area contributed by atoms with E-state index in [4.69, 9.17) is 0 Å². The average Bonchev–Trinajstić information content (AvgIpc) is 3.11. The molecule has 27 heavy (non-hydrogen) atoms. The third kappa shape index (κ3) is 3.67. The Hall–Kier alpha value is -4.00. The molecule has 4 aromatic rings. The largest absolute Gasteiger partial charge is 0.324 e. The summed E-state index contributed by atoms with van der Waals surface area (Å²) in [6.45, 7) is 0. The summed E-state index contributed by atoms with van der Waals surface area (Å²) < 4.78 is 0. The molecule has 0 saturated heterocycles. The minimum atomic E-state index is -0.327. The fourth-order valence-corrected chi connectivity index (χ4v) is 2.63. The molecule has 0 radical (unpaired) electrons. The molecule has 0 aliphatic rings. The van der Waals surface area contributed by atoms with Gasteiger partial charge in [-0.1, -0.05) is 18.2 Å². The first kappa shape index (κ1) is 16.5. The summed E-state index contributed by atoms with van der Waals surface area (Å²) in [5.74, 6) is -0.254. The lowest BCUT2D eigenvalue weighted by molar-refractivity contribution is 0.101. The van der Waals surface area contributed by atoms with Crippen LogP contribution in [0.15, 0.2) is 73.1 Å². The monoisotopic (exact) mass is 357 g/mol. The number of fused-ring (bicyclic) bond motifs is 1. The molecule has 2 aromatic heterocycles. The number of nitrogens with zero attached hydrogens (tertiary/aromatic N) is 2. The highest BCUT2D eigenvalue weighted by molar-refractivity contribution is 6.07. The molecule has 0 unspecified atom stereocenters. The molecule has 0 saturated carbocycles. The normalized spacial score (nSPS) is 10.5. The molecule has 0 aliphatic carbocycles. The fourth-order valence-electron chi connectivity index (χ4n) is 2.63. The van der Waals surface area contributed by atoms with E-state index in [1.807, 2.05) is 24.3 Å². The van der Waals surface area contributed by atoms with Gasteiger partial charge in [-0.15, -0.1) is 0 Å². The predicted molar refractivity (Wildman–Crippen MR) is 103 cm³/mol. The molecule has 0 fully saturated rings. The van der Waals surface area contributed by atoms with Crippen molar-refractivity contribution in [2.24, 2.45) is 0 Å². The lowest BCUT2D eigenvalue weighted by Crippen LogP contribution is -2.15. The van der Waals surface area contributed by atoms with Crippen LogP contribution in [0.3, 0.4) is 0 Å². The fraction of sp³-hybridized carbons (Fsp3) is 0. The van der Waals surface area contributed by atoms with Gasteiger partial charge in [-0.2, -0.15) is 0 Å². The van der Waals surface area contributed by atoms with Crippen molar-refractivity contribution in [1.82, 2.24) is 15.0 Å². The van der Waals surface area contributed by atoms with Gasteiger partial charge in [0.25, 0.3) is 11.8 Å². The van der Waals surface area contributed by atoms with Crippen LogP contribution in [0.1, 0.15) is 20.7 Å². The van der Waals surface area contributed by atoms with E-state index in [2.05, 4.69) is 25.6 Å². The first-order valence-electron chi connectivity index (χ1n) is 8.26. The number of amides is 2. The van der Waals surface area contributed by atoms with Crippen LogP contribution >= 0.6 is 0 Å². The number of carbonyl (C=O) groups excluding carboxylic acids is 2. The maximum atomic E-state index is 12.5. The first-order chi connectivity index (χ1) is 13.2. The van der Waals surface area contributed by atoms with Crippen molar-refractivity contribution in [1.29, 1.82) is 0 Å². The van der Waals surface area contributed by atoms with Crippen LogP contribution < -0.4 is 10.6 Å². The van der Waals surface area contributed by atoms with E-state index in [0.717, 1.165) is 11.0 Å². The van der Waals surface area contributed by atoms with Gasteiger partial charge in [0.05, 0.1) is 16.6 Å². The zero-order chi connectivity index (χ0) is 18.6. The van der Waals surface area contributed by atoms with Gasteiger partial charge in [-0.25, -0.2) is 4.98 Å². The highest BCUT2D eigenvalue weighted by atomic mass is 16.2. The van der Waals surface area contributed by atoms with E-state index >= 15 is 0 Å². The topological polar surface area (TPSA) is 99.8 Å². The average molecular weight is 357 g/mol. The van der Waals surface area contributed by atoms with Gasteiger partial charge in [0.2, 0.25) is 5.95 Å². The number of rotatable bonds is 4. The van der Waals surface area contributed by atoms with Gasteiger partial charge < -0.3 is 10.3 Å². The number of hydrogen-bond acceptors (Lipinski definition) is 4. The Morgan fingerprint density at radius 3 is 2.48 bits per heavy atom. The van der Waals surface area contributed by atoms with E-state index in [-0.39, 0.29) is 11.8 Å². The second kappa shape index (κ2) is 7.09. The second-order valence-corrected chi connectivity index (χ2v) is 5.83. The number of para-hydroxylation sites is 2. The SMILES string of the molecule is O=C(Nc1cccc(C(=O)Nc2nc3ccccc3[nH]2)c1)c1cccnc1. The molecule has 0 spiro atoms. The highest BCUT2D eigenvalue weighted by Gasteiger charge is 2.11. The summed E-state index contributed by atoms with van der Waals surface area (Å²) in [6, 6.07) is 17.5. The van der Waals surface area contributed by atoms with Gasteiger partial charge in [0, 0.05) is 23.6 Å². The number of hydrogen-bond donors (Lipinski definition) is 3. The van der Waals surface area contributed by atoms with Crippen LogP contribution in [0.4, 0.5) is 11.6 Å². The maximum absolute atomic E-state index is 12.5. The summed E-state index contributed by atoms with van der Waals surface area (Å²) in [5.41, 5.74) is 2.96. The molecule has 2 aromatic carbocycles. The Morgan fingerprint density at radius 2 is 1.67 bits per heavy atom. The van der Waals surface area contributed by atoms with Crippen molar-refractivity contribution in [3.8, 4) is 0 Å². The first-order valence-corrected chi connectivity index (χ1v) is 8.26. The van der Waals surface area contributed by atoms with Gasteiger partial charge in [0.15, 0.2) is 0 Å². The smallest absolute Gasteiger partial charge is 0.258 e. The lowest BCUT2D eigenvalue weighted by atomic mass is 10.2. The summed E-state index contributed by atoms with van der Waals surface area (Å²) in [7, 11) is 0. The third-order valence-corrected chi connectivity index (χ3v) is 3.93. The van der Waals surface area contributed by atoms with E-state index in [1.165, 1.54) is 6.20 Å². The van der Waals surface area contributed by atoms with Crippen molar-refractivity contribution in [3.05, 3.63) is 84.2 Å². The number of benzene rings is 2. The molecular weight excluding hydrogens is 342 g/mol. The van der Waals surface area contributed by atoms with Crippen LogP contribution in [-0.2, 0) is 0 Å². The summed E-state index contributed by atoms with van der Waals surface area (Å²) in [4.78, 5) is 36.0. The van der Waals surface area contributed by atoms with E-state index in [1.54, 1.807) is 42.6 Å². The molecule has 2 heterocycles. The number of pyridine rings is 1. The Labute approximate surface area is 154 Å². The van der Waals surface area contributed by atoms with Gasteiger partial charge in [-0.05, 0) is 42.5 Å². The van der Waals surface area contributed by atoms with Gasteiger partial charge in [-0.3, -0.25) is 19.9 Å². The van der Waals surface area contributed by atoms with Crippen molar-refractivity contribution < 1.29 is 9.59 Å². The molecule has 7 heteroatoms. The van der Waals surface area contributed by atoms with Crippen LogP contribution in [-0.4, -0.2) is 26.8 Å². The van der Waals surface area contributed by atoms with Crippen LogP contribution in [0.5, 0.6) is 0 Å². The third-order valence-electron chi connectivity index (χ3n) is 3.93. The zero-order valence-corrected chi connectivity index (χ0v) is 14.1. The van der Waals surface area contributed by atoms with Crippen molar-refractivity contribution in [2.45, 2.75) is 0 Å². The number of imidazole rings is 1. The quantitative estimate of drug-likeness (QED) is 0.521. The summed E-state index contributed by atoms with van der Waals surface area (Å²) in [6.07, 6.45) is 3.08. The molecule has 0 bridgehead atoms. The molecule has 3 N–H and O–H groups in total. The van der Waals surface area contributed by atoms with Crippen LogP contribution in [0.2, 0.25) is 0 Å². The highest BCUT2D eigenvalue weighted by Crippen LogP contribution is 2.16. The van der Waals surface area contributed by atoms with Gasteiger partial charge in [0.1, 0.15) is 0 Å². The molecular formula is C20H15N5O2. The number of aromatic amines is 1. The second-order valence-electron chi connectivity index (χ2n) is 5.83. The van der Waals surface area contributed by atoms with Crippen LogP contribution in [0.25, 0.3) is 11.0 Å². The number of aromatic nitrogens is 3. The van der Waals surface area contributed by atoms with Crippen molar-refractivity contribution >= 4 is 34.5 Å². The zero-order valence-electron chi connectivity index (χ0n) is 14.1. The Morgan fingerprint density at radius 1 is 0.852 bits per heavy atom. The summed E-state index contributed by atoms with van der Waals surface area (Å²) >= 11 is 0. The number of nitrogens with one attached hydrogen (secondary N) is 3. The predicted octanol–water partition coefficient (Wildman–Crippen LogP) is 3.46. The Balaban J connectivity index is 1.49. The molecule has 2 amide bonds. The number of anilines is 2. The lowest BCUT2D eigenvalue weighted by Gasteiger charge is -2.07. The van der Waals surface area contributed by atoms with E-state index in [0.29, 0.717) is 22.8 Å². The molecule has 7 nitrogen and oxygen atoms in total. The van der Waals surface area contributed by atoms with Crippen molar-refractivity contribution in [2.75, 3.05) is 10.6 Å². The number of carbonyl (C=O) groups is 2. The Bertz CT molecular complexity index is 1090. The van der Waals surface area contributed by atoms with Gasteiger partial charge >= 0.3 is 0 Å². The van der Waals surface area contributed by atoms with Crippen LogP contribution in [0, 0.1) is 0 Å². The number of H-pyrrole nitrogens is 1. The maximum Gasteiger partial charge on any atom is 0.258 e. The standard InChI is InChI=1S/C20H15N5O2/c26-18(25-20-23-16-8-1-2-9-17(16)24-20)13-5-3-7-15(11-13)22-19(27)14-6-4-10-21-12-14/h1-12H,(H,22,27)(H2,23,24,25,26).